The lowest BCUT2D eigenvalue weighted by Crippen LogP contribution is -2.21. The Morgan fingerprint density at radius 1 is 1.29 bits per heavy atom. The van der Waals surface area contributed by atoms with Crippen molar-refractivity contribution in [1.82, 2.24) is 15.5 Å². The summed E-state index contributed by atoms with van der Waals surface area (Å²) in [4.78, 5) is 0. The van der Waals surface area contributed by atoms with Crippen molar-refractivity contribution in [1.29, 1.82) is 0 Å². The molecule has 0 aliphatic heterocycles. The van der Waals surface area contributed by atoms with E-state index >= 15 is 0 Å². The number of aromatic nitrogens is 2. The Hall–Kier alpha value is -1.82. The average Bonchev–Trinajstić information content (AvgIpc) is 2.95. The van der Waals surface area contributed by atoms with Crippen LogP contribution in [-0.4, -0.2) is 16.2 Å². The van der Waals surface area contributed by atoms with Crippen molar-refractivity contribution in [2.45, 2.75) is 33.0 Å². The van der Waals surface area contributed by atoms with Crippen LogP contribution in [0.1, 0.15) is 25.3 Å². The van der Waals surface area contributed by atoms with Gasteiger partial charge in [0, 0.05) is 18.2 Å². The fourth-order valence-corrected chi connectivity index (χ4v) is 1.26. The molecule has 6 heteroatoms. The van der Waals surface area contributed by atoms with E-state index in [4.69, 9.17) is 8.83 Å². The molecule has 0 aliphatic carbocycles. The third-order valence-electron chi connectivity index (χ3n) is 2.15. The van der Waals surface area contributed by atoms with E-state index in [1.54, 1.807) is 12.5 Å². The van der Waals surface area contributed by atoms with E-state index in [1.807, 2.05) is 6.07 Å². The summed E-state index contributed by atoms with van der Waals surface area (Å²) in [5.74, 6) is 0.577. The van der Waals surface area contributed by atoms with E-state index in [-0.39, 0.29) is 0 Å². The SMILES string of the molecule is CC(C)NCc1nnc(NCc2ccoc2)o1. The second-order valence-corrected chi connectivity index (χ2v) is 4.02. The highest BCUT2D eigenvalue weighted by molar-refractivity contribution is 5.20. The highest BCUT2D eigenvalue weighted by Gasteiger charge is 2.06. The standard InChI is InChI=1S/C11H16N4O2/c1-8(2)12-6-10-14-15-11(17-10)13-5-9-3-4-16-7-9/h3-4,7-8,12H,5-6H2,1-2H3,(H,13,15). The highest BCUT2D eigenvalue weighted by Crippen LogP contribution is 2.08. The summed E-state index contributed by atoms with van der Waals surface area (Å²) in [5, 5.41) is 14.1. The summed E-state index contributed by atoms with van der Waals surface area (Å²) in [6.07, 6.45) is 3.30. The van der Waals surface area contributed by atoms with Crippen LogP contribution in [0.4, 0.5) is 6.01 Å². The van der Waals surface area contributed by atoms with Gasteiger partial charge in [0.05, 0.1) is 19.1 Å². The molecule has 0 aliphatic rings. The maximum absolute atomic E-state index is 5.41. The minimum Gasteiger partial charge on any atom is -0.472 e. The molecule has 0 saturated carbocycles. The third kappa shape index (κ3) is 3.60. The number of nitrogens with one attached hydrogen (secondary N) is 2. The maximum atomic E-state index is 5.41. The summed E-state index contributed by atoms with van der Waals surface area (Å²) >= 11 is 0. The summed E-state index contributed by atoms with van der Waals surface area (Å²) in [5.41, 5.74) is 1.03. The lowest BCUT2D eigenvalue weighted by atomic mass is 10.3. The first-order valence-electron chi connectivity index (χ1n) is 5.55. The molecule has 0 saturated heterocycles. The van der Waals surface area contributed by atoms with Crippen molar-refractivity contribution < 1.29 is 8.83 Å². The van der Waals surface area contributed by atoms with Gasteiger partial charge in [-0.2, -0.15) is 0 Å². The van der Waals surface area contributed by atoms with Gasteiger partial charge in [0.15, 0.2) is 0 Å². The summed E-state index contributed by atoms with van der Waals surface area (Å²) in [6.45, 7) is 5.32. The van der Waals surface area contributed by atoms with E-state index in [2.05, 4.69) is 34.7 Å². The molecular formula is C11H16N4O2. The van der Waals surface area contributed by atoms with Crippen molar-refractivity contribution in [3.05, 3.63) is 30.0 Å². The van der Waals surface area contributed by atoms with Gasteiger partial charge >= 0.3 is 6.01 Å². The molecule has 92 valence electrons. The van der Waals surface area contributed by atoms with E-state index in [0.717, 1.165) is 5.56 Å². The third-order valence-corrected chi connectivity index (χ3v) is 2.15. The van der Waals surface area contributed by atoms with Gasteiger partial charge in [0.25, 0.3) is 0 Å². The van der Waals surface area contributed by atoms with E-state index in [1.165, 1.54) is 0 Å². The predicted molar refractivity (Wildman–Crippen MR) is 62.3 cm³/mol. The van der Waals surface area contributed by atoms with Crippen LogP contribution in [0.2, 0.25) is 0 Å². The molecular weight excluding hydrogens is 220 g/mol. The molecule has 2 N–H and O–H groups in total. The summed E-state index contributed by atoms with van der Waals surface area (Å²) < 4.78 is 10.4. The Kier molecular flexibility index (Phi) is 3.77. The van der Waals surface area contributed by atoms with Crippen molar-refractivity contribution >= 4 is 6.01 Å². The molecule has 0 fully saturated rings. The van der Waals surface area contributed by atoms with Crippen molar-refractivity contribution in [3.8, 4) is 0 Å². The van der Waals surface area contributed by atoms with Crippen LogP contribution >= 0.6 is 0 Å². The Bertz CT molecular complexity index is 436. The number of hydrogen-bond donors (Lipinski definition) is 2. The summed E-state index contributed by atoms with van der Waals surface area (Å²) in [6, 6.07) is 2.70. The Morgan fingerprint density at radius 3 is 2.88 bits per heavy atom. The minimum atomic E-state index is 0.393. The second-order valence-electron chi connectivity index (χ2n) is 4.02. The molecule has 2 aromatic rings. The summed E-state index contributed by atoms with van der Waals surface area (Å²) in [7, 11) is 0. The van der Waals surface area contributed by atoms with Gasteiger partial charge in [-0.05, 0) is 6.07 Å². The Morgan fingerprint density at radius 2 is 2.18 bits per heavy atom. The monoisotopic (exact) mass is 236 g/mol. The molecule has 2 rings (SSSR count). The largest absolute Gasteiger partial charge is 0.472 e. The van der Waals surface area contributed by atoms with Gasteiger partial charge in [-0.3, -0.25) is 0 Å². The fourth-order valence-electron chi connectivity index (χ4n) is 1.26. The fraction of sp³-hybridized carbons (Fsp3) is 0.455. The van der Waals surface area contributed by atoms with Crippen LogP contribution < -0.4 is 10.6 Å². The van der Waals surface area contributed by atoms with Crippen LogP contribution in [0.3, 0.4) is 0 Å². The van der Waals surface area contributed by atoms with Gasteiger partial charge in [0.2, 0.25) is 5.89 Å². The molecule has 2 heterocycles. The minimum absolute atomic E-state index is 0.393. The van der Waals surface area contributed by atoms with Crippen LogP contribution in [0.15, 0.2) is 27.4 Å². The zero-order valence-electron chi connectivity index (χ0n) is 9.93. The van der Waals surface area contributed by atoms with Crippen molar-refractivity contribution in [3.63, 3.8) is 0 Å². The molecule has 6 nitrogen and oxygen atoms in total. The quantitative estimate of drug-likeness (QED) is 0.796. The van der Waals surface area contributed by atoms with E-state index in [0.29, 0.717) is 31.0 Å². The lowest BCUT2D eigenvalue weighted by molar-refractivity contribution is 0.458. The first-order valence-corrected chi connectivity index (χ1v) is 5.55. The van der Waals surface area contributed by atoms with Gasteiger partial charge in [0.1, 0.15) is 0 Å². The zero-order valence-corrected chi connectivity index (χ0v) is 9.93. The van der Waals surface area contributed by atoms with Gasteiger partial charge < -0.3 is 19.5 Å². The first kappa shape index (κ1) is 11.7. The molecule has 2 aromatic heterocycles. The number of furan rings is 1. The van der Waals surface area contributed by atoms with E-state index < -0.39 is 0 Å². The van der Waals surface area contributed by atoms with Crippen molar-refractivity contribution in [2.75, 3.05) is 5.32 Å². The average molecular weight is 236 g/mol. The second kappa shape index (κ2) is 5.49. The molecule has 0 spiro atoms. The number of hydrogen-bond acceptors (Lipinski definition) is 6. The molecule has 0 unspecified atom stereocenters. The Balaban J connectivity index is 1.81. The molecule has 0 amide bonds. The molecule has 17 heavy (non-hydrogen) atoms. The lowest BCUT2D eigenvalue weighted by Gasteiger charge is -2.03. The first-order chi connectivity index (χ1) is 8.24. The Labute approximate surface area is 99.4 Å². The number of anilines is 1. The highest BCUT2D eigenvalue weighted by atomic mass is 16.4. The molecule has 0 aromatic carbocycles. The van der Waals surface area contributed by atoms with Crippen LogP contribution in [0.25, 0.3) is 0 Å². The van der Waals surface area contributed by atoms with Crippen molar-refractivity contribution in [2.24, 2.45) is 0 Å². The van der Waals surface area contributed by atoms with Crippen LogP contribution in [-0.2, 0) is 13.1 Å². The van der Waals surface area contributed by atoms with E-state index in [9.17, 15) is 0 Å². The van der Waals surface area contributed by atoms with Crippen LogP contribution in [0, 0.1) is 0 Å². The van der Waals surface area contributed by atoms with Gasteiger partial charge in [-0.15, -0.1) is 5.10 Å². The zero-order chi connectivity index (χ0) is 12.1. The van der Waals surface area contributed by atoms with Gasteiger partial charge in [-0.25, -0.2) is 0 Å². The number of nitrogens with zero attached hydrogens (tertiary/aromatic N) is 2. The normalized spacial score (nSPS) is 11.0. The number of rotatable bonds is 6. The molecule has 0 bridgehead atoms. The van der Waals surface area contributed by atoms with Crippen LogP contribution in [0.5, 0.6) is 0 Å². The predicted octanol–water partition coefficient (Wildman–Crippen LogP) is 1.77. The smallest absolute Gasteiger partial charge is 0.315 e. The molecule has 0 atom stereocenters. The van der Waals surface area contributed by atoms with Gasteiger partial charge in [-0.1, -0.05) is 18.9 Å². The molecule has 0 radical (unpaired) electrons. The topological polar surface area (TPSA) is 76.1 Å². The maximum Gasteiger partial charge on any atom is 0.315 e.